The molecule has 0 bridgehead atoms. The standard InChI is InChI=1S/C18H17N3O4/c1-20-13-4-2-3-5-14(13)21(18(20)23)9-8-19-17(22)12-6-7-15-16(10-12)25-11-24-15/h2-7,10H,8-9,11H2,1H3,(H,19,22). The zero-order valence-electron chi connectivity index (χ0n) is 13.7. The highest BCUT2D eigenvalue weighted by atomic mass is 16.7. The highest BCUT2D eigenvalue weighted by molar-refractivity contribution is 5.94. The number of ether oxygens (including phenoxy) is 2. The molecule has 1 aliphatic heterocycles. The number of nitrogens with one attached hydrogen (secondary N) is 1. The summed E-state index contributed by atoms with van der Waals surface area (Å²) in [5.74, 6) is 0.989. The number of fused-ring (bicyclic) bond motifs is 2. The van der Waals surface area contributed by atoms with Gasteiger partial charge in [-0.1, -0.05) is 12.1 Å². The molecule has 1 amide bonds. The van der Waals surface area contributed by atoms with E-state index >= 15 is 0 Å². The molecule has 0 atom stereocenters. The van der Waals surface area contributed by atoms with Gasteiger partial charge in [0.2, 0.25) is 6.79 Å². The maximum atomic E-state index is 12.3. The van der Waals surface area contributed by atoms with E-state index in [0.717, 1.165) is 11.0 Å². The monoisotopic (exact) mass is 339 g/mol. The SMILES string of the molecule is Cn1c(=O)n(CCNC(=O)c2ccc3c(c2)OCO3)c2ccccc21. The van der Waals surface area contributed by atoms with Crippen molar-refractivity contribution < 1.29 is 14.3 Å². The summed E-state index contributed by atoms with van der Waals surface area (Å²) >= 11 is 0. The Hall–Kier alpha value is -3.22. The third-order valence-corrected chi connectivity index (χ3v) is 4.31. The van der Waals surface area contributed by atoms with Gasteiger partial charge in [0.15, 0.2) is 11.5 Å². The first-order chi connectivity index (χ1) is 12.1. The lowest BCUT2D eigenvalue weighted by atomic mass is 10.2. The van der Waals surface area contributed by atoms with Gasteiger partial charge in [-0.2, -0.15) is 0 Å². The number of hydrogen-bond donors (Lipinski definition) is 1. The highest BCUT2D eigenvalue weighted by Gasteiger charge is 2.16. The van der Waals surface area contributed by atoms with E-state index in [0.29, 0.717) is 30.2 Å². The van der Waals surface area contributed by atoms with Crippen molar-refractivity contribution in [3.05, 3.63) is 58.5 Å². The van der Waals surface area contributed by atoms with E-state index in [4.69, 9.17) is 9.47 Å². The van der Waals surface area contributed by atoms with Crippen LogP contribution in [0.4, 0.5) is 0 Å². The molecule has 2 heterocycles. The van der Waals surface area contributed by atoms with E-state index in [9.17, 15) is 9.59 Å². The first-order valence-corrected chi connectivity index (χ1v) is 7.97. The van der Waals surface area contributed by atoms with E-state index in [1.165, 1.54) is 0 Å². The Morgan fingerprint density at radius 1 is 1.12 bits per heavy atom. The van der Waals surface area contributed by atoms with Crippen molar-refractivity contribution in [1.29, 1.82) is 0 Å². The number of carbonyl (C=O) groups excluding carboxylic acids is 1. The predicted molar refractivity (Wildman–Crippen MR) is 92.1 cm³/mol. The third-order valence-electron chi connectivity index (χ3n) is 4.31. The molecule has 4 rings (SSSR count). The van der Waals surface area contributed by atoms with Crippen LogP contribution in [0.2, 0.25) is 0 Å². The second-order valence-electron chi connectivity index (χ2n) is 5.81. The lowest BCUT2D eigenvalue weighted by Gasteiger charge is -2.07. The minimum absolute atomic E-state index is 0.0986. The molecule has 0 saturated carbocycles. The number of para-hydroxylation sites is 2. The fraction of sp³-hybridized carbons (Fsp3) is 0.222. The number of aromatic nitrogens is 2. The van der Waals surface area contributed by atoms with Crippen LogP contribution in [0.15, 0.2) is 47.3 Å². The number of benzene rings is 2. The lowest BCUT2D eigenvalue weighted by molar-refractivity contribution is 0.0952. The van der Waals surface area contributed by atoms with Crippen LogP contribution in [0.25, 0.3) is 11.0 Å². The minimum Gasteiger partial charge on any atom is -0.454 e. The molecule has 1 aliphatic rings. The van der Waals surface area contributed by atoms with Gasteiger partial charge in [0.1, 0.15) is 0 Å². The average Bonchev–Trinajstić information content (AvgIpc) is 3.20. The Morgan fingerprint density at radius 3 is 2.72 bits per heavy atom. The van der Waals surface area contributed by atoms with Crippen LogP contribution in [0.5, 0.6) is 11.5 Å². The predicted octanol–water partition coefficient (Wildman–Crippen LogP) is 1.50. The van der Waals surface area contributed by atoms with Gasteiger partial charge in [-0.15, -0.1) is 0 Å². The zero-order valence-corrected chi connectivity index (χ0v) is 13.7. The molecule has 0 aliphatic carbocycles. The number of aryl methyl sites for hydroxylation is 1. The van der Waals surface area contributed by atoms with Crippen LogP contribution in [0.3, 0.4) is 0 Å². The quantitative estimate of drug-likeness (QED) is 0.782. The topological polar surface area (TPSA) is 74.5 Å². The summed E-state index contributed by atoms with van der Waals surface area (Å²) in [7, 11) is 1.74. The van der Waals surface area contributed by atoms with Crippen molar-refractivity contribution >= 4 is 16.9 Å². The van der Waals surface area contributed by atoms with Gasteiger partial charge in [-0.05, 0) is 30.3 Å². The maximum absolute atomic E-state index is 12.3. The van der Waals surface area contributed by atoms with E-state index in [-0.39, 0.29) is 18.4 Å². The van der Waals surface area contributed by atoms with Crippen LogP contribution in [0.1, 0.15) is 10.4 Å². The summed E-state index contributed by atoms with van der Waals surface area (Å²) in [5.41, 5.74) is 2.12. The number of imidazole rings is 1. The summed E-state index contributed by atoms with van der Waals surface area (Å²) in [6, 6.07) is 12.6. The van der Waals surface area contributed by atoms with E-state index < -0.39 is 0 Å². The lowest BCUT2D eigenvalue weighted by Crippen LogP contribution is -2.31. The molecular formula is C18H17N3O4. The first-order valence-electron chi connectivity index (χ1n) is 7.97. The molecule has 0 saturated heterocycles. The number of amides is 1. The molecule has 1 aromatic heterocycles. The van der Waals surface area contributed by atoms with Crippen molar-refractivity contribution in [3.8, 4) is 11.5 Å². The first kappa shape index (κ1) is 15.3. The Labute approximate surface area is 143 Å². The van der Waals surface area contributed by atoms with E-state index in [1.807, 2.05) is 24.3 Å². The molecule has 2 aromatic carbocycles. The minimum atomic E-state index is -0.216. The summed E-state index contributed by atoms with van der Waals surface area (Å²) < 4.78 is 13.8. The fourth-order valence-corrected chi connectivity index (χ4v) is 3.00. The van der Waals surface area contributed by atoms with Crippen LogP contribution < -0.4 is 20.5 Å². The van der Waals surface area contributed by atoms with Crippen molar-refractivity contribution in [2.45, 2.75) is 6.54 Å². The number of carbonyl (C=O) groups is 1. The molecule has 0 fully saturated rings. The number of hydrogen-bond acceptors (Lipinski definition) is 4. The second-order valence-corrected chi connectivity index (χ2v) is 5.81. The summed E-state index contributed by atoms with van der Waals surface area (Å²) in [4.78, 5) is 24.6. The van der Waals surface area contributed by atoms with Crippen LogP contribution in [-0.4, -0.2) is 28.4 Å². The smallest absolute Gasteiger partial charge is 0.328 e. The van der Waals surface area contributed by atoms with E-state index in [2.05, 4.69) is 5.32 Å². The van der Waals surface area contributed by atoms with Gasteiger partial charge in [-0.25, -0.2) is 4.79 Å². The van der Waals surface area contributed by atoms with Gasteiger partial charge in [0.25, 0.3) is 5.91 Å². The fourth-order valence-electron chi connectivity index (χ4n) is 3.00. The summed E-state index contributed by atoms with van der Waals surface area (Å²) in [6.07, 6.45) is 0. The normalized spacial score (nSPS) is 12.5. The number of rotatable bonds is 4. The third kappa shape index (κ3) is 2.63. The van der Waals surface area contributed by atoms with Crippen molar-refractivity contribution in [3.63, 3.8) is 0 Å². The molecule has 1 N–H and O–H groups in total. The summed E-state index contributed by atoms with van der Waals surface area (Å²) in [5, 5.41) is 2.84. The van der Waals surface area contributed by atoms with Crippen molar-refractivity contribution in [2.24, 2.45) is 7.05 Å². The van der Waals surface area contributed by atoms with Gasteiger partial charge in [0.05, 0.1) is 11.0 Å². The molecule has 7 nitrogen and oxygen atoms in total. The Morgan fingerprint density at radius 2 is 1.88 bits per heavy atom. The van der Waals surface area contributed by atoms with Gasteiger partial charge in [0, 0.05) is 25.7 Å². The Bertz CT molecular complexity index is 1020. The van der Waals surface area contributed by atoms with Gasteiger partial charge >= 0.3 is 5.69 Å². The zero-order chi connectivity index (χ0) is 17.4. The molecular weight excluding hydrogens is 322 g/mol. The molecule has 25 heavy (non-hydrogen) atoms. The van der Waals surface area contributed by atoms with Gasteiger partial charge < -0.3 is 14.8 Å². The van der Waals surface area contributed by atoms with Crippen LogP contribution >= 0.6 is 0 Å². The largest absolute Gasteiger partial charge is 0.454 e. The number of nitrogens with zero attached hydrogens (tertiary/aromatic N) is 2. The maximum Gasteiger partial charge on any atom is 0.328 e. The van der Waals surface area contributed by atoms with Crippen molar-refractivity contribution in [2.75, 3.05) is 13.3 Å². The molecule has 0 spiro atoms. The molecule has 7 heteroatoms. The van der Waals surface area contributed by atoms with Crippen molar-refractivity contribution in [1.82, 2.24) is 14.5 Å². The molecule has 0 unspecified atom stereocenters. The van der Waals surface area contributed by atoms with Gasteiger partial charge in [-0.3, -0.25) is 13.9 Å². The van der Waals surface area contributed by atoms with Crippen LogP contribution in [-0.2, 0) is 13.6 Å². The Balaban J connectivity index is 1.47. The Kier molecular flexibility index (Phi) is 3.68. The second kappa shape index (κ2) is 6.01. The average molecular weight is 339 g/mol. The van der Waals surface area contributed by atoms with E-state index in [1.54, 1.807) is 34.4 Å². The summed E-state index contributed by atoms with van der Waals surface area (Å²) in [6.45, 7) is 0.919. The highest BCUT2D eigenvalue weighted by Crippen LogP contribution is 2.32. The molecule has 128 valence electrons. The molecule has 0 radical (unpaired) electrons. The molecule has 3 aromatic rings. The van der Waals surface area contributed by atoms with Crippen LogP contribution in [0, 0.1) is 0 Å².